The summed E-state index contributed by atoms with van der Waals surface area (Å²) in [6.07, 6.45) is 2.04. The second-order valence-electron chi connectivity index (χ2n) is 8.50. The average molecular weight is 488 g/mol. The molecule has 0 unspecified atom stereocenters. The van der Waals surface area contributed by atoms with Gasteiger partial charge in [0, 0.05) is 36.7 Å². The number of nitrogens with one attached hydrogen (secondary N) is 1. The Kier molecular flexibility index (Phi) is 5.90. The van der Waals surface area contributed by atoms with Crippen molar-refractivity contribution in [3.8, 4) is 0 Å². The average Bonchev–Trinajstić information content (AvgIpc) is 3.33. The molecule has 3 aromatic carbocycles. The molecule has 1 aromatic heterocycles. The van der Waals surface area contributed by atoms with Crippen molar-refractivity contribution < 1.29 is 13.2 Å². The van der Waals surface area contributed by atoms with Crippen molar-refractivity contribution in [3.05, 3.63) is 106 Å². The number of para-hydroxylation sites is 1. The van der Waals surface area contributed by atoms with E-state index in [2.05, 4.69) is 4.98 Å². The van der Waals surface area contributed by atoms with Crippen LogP contribution in [0.1, 0.15) is 28.4 Å². The number of aromatic amines is 1. The molecule has 4 aromatic rings. The zero-order valence-corrected chi connectivity index (χ0v) is 20.1. The van der Waals surface area contributed by atoms with Gasteiger partial charge in [-0.15, -0.1) is 0 Å². The Morgan fingerprint density at radius 2 is 1.77 bits per heavy atom. The number of hydrogen-bond donors (Lipinski definition) is 1. The third-order valence-corrected chi connectivity index (χ3v) is 8.21. The molecule has 5 rings (SSSR count). The van der Waals surface area contributed by atoms with Gasteiger partial charge in [0.2, 0.25) is 5.43 Å². The molecule has 1 aliphatic heterocycles. The van der Waals surface area contributed by atoms with Crippen LogP contribution >= 0.6 is 0 Å². The molecule has 0 saturated heterocycles. The second kappa shape index (κ2) is 9.03. The molecule has 0 aliphatic carbocycles. The summed E-state index contributed by atoms with van der Waals surface area (Å²) in [5, 5.41) is 0.167. The van der Waals surface area contributed by atoms with Gasteiger partial charge >= 0.3 is 0 Å². The van der Waals surface area contributed by atoms with Crippen LogP contribution in [0.3, 0.4) is 0 Å². The molecule has 0 spiro atoms. The van der Waals surface area contributed by atoms with E-state index in [9.17, 15) is 18.0 Å². The van der Waals surface area contributed by atoms with E-state index >= 15 is 0 Å². The van der Waals surface area contributed by atoms with Gasteiger partial charge in [0.25, 0.3) is 15.9 Å². The first-order chi connectivity index (χ1) is 16.9. The van der Waals surface area contributed by atoms with Crippen LogP contribution in [0.5, 0.6) is 0 Å². The molecule has 1 aliphatic rings. The van der Waals surface area contributed by atoms with Gasteiger partial charge in [0.15, 0.2) is 0 Å². The molecular formula is C27H25N3O4S. The standard InChI is InChI=1S/C27H25N3O4S/c1-2-29(18-19-8-4-3-5-9-19)27(32)23-17-28-24-13-12-21(16-22(24)26(23)31)35(33,34)30-15-14-20-10-6-7-11-25(20)30/h3-13,16-17H,2,14-15,18H2,1H3,(H,28,31). The number of rotatable bonds is 6. The number of amides is 1. The summed E-state index contributed by atoms with van der Waals surface area (Å²) in [5.41, 5.74) is 2.55. The molecule has 1 N–H and O–H groups in total. The zero-order valence-electron chi connectivity index (χ0n) is 19.3. The number of H-pyrrole nitrogens is 1. The van der Waals surface area contributed by atoms with Gasteiger partial charge in [-0.05, 0) is 48.7 Å². The maximum atomic E-state index is 13.5. The first kappa shape index (κ1) is 22.9. The van der Waals surface area contributed by atoms with Crippen molar-refractivity contribution in [3.63, 3.8) is 0 Å². The lowest BCUT2D eigenvalue weighted by Crippen LogP contribution is -2.34. The van der Waals surface area contributed by atoms with Crippen LogP contribution in [0, 0.1) is 0 Å². The molecular weight excluding hydrogens is 462 g/mol. The molecule has 2 heterocycles. The number of carbonyl (C=O) groups is 1. The number of hydrogen-bond acceptors (Lipinski definition) is 4. The lowest BCUT2D eigenvalue weighted by Gasteiger charge is -2.21. The highest BCUT2D eigenvalue weighted by atomic mass is 32.2. The van der Waals surface area contributed by atoms with E-state index in [0.717, 1.165) is 11.1 Å². The minimum Gasteiger partial charge on any atom is -0.360 e. The first-order valence-corrected chi connectivity index (χ1v) is 12.9. The van der Waals surface area contributed by atoms with E-state index in [0.29, 0.717) is 37.3 Å². The van der Waals surface area contributed by atoms with Crippen molar-refractivity contribution in [2.75, 3.05) is 17.4 Å². The van der Waals surface area contributed by atoms with Crippen molar-refractivity contribution in [2.45, 2.75) is 24.8 Å². The quantitative estimate of drug-likeness (QED) is 0.446. The van der Waals surface area contributed by atoms with Crippen molar-refractivity contribution >= 4 is 32.5 Å². The normalized spacial score (nSPS) is 13.1. The van der Waals surface area contributed by atoms with Crippen molar-refractivity contribution in [1.29, 1.82) is 0 Å². The molecule has 1 amide bonds. The maximum Gasteiger partial charge on any atom is 0.264 e. The summed E-state index contributed by atoms with van der Waals surface area (Å²) in [6, 6.07) is 21.4. The molecule has 0 bridgehead atoms. The Hall–Kier alpha value is -3.91. The largest absolute Gasteiger partial charge is 0.360 e. The number of aromatic nitrogens is 1. The van der Waals surface area contributed by atoms with Crippen molar-refractivity contribution in [2.24, 2.45) is 0 Å². The van der Waals surface area contributed by atoms with Gasteiger partial charge in [-0.25, -0.2) is 8.42 Å². The van der Waals surface area contributed by atoms with E-state index in [1.54, 1.807) is 17.0 Å². The minimum atomic E-state index is -3.87. The monoisotopic (exact) mass is 487 g/mol. The van der Waals surface area contributed by atoms with Gasteiger partial charge in [-0.2, -0.15) is 0 Å². The van der Waals surface area contributed by atoms with Crippen molar-refractivity contribution in [1.82, 2.24) is 9.88 Å². The highest BCUT2D eigenvalue weighted by molar-refractivity contribution is 7.92. The predicted octanol–water partition coefficient (Wildman–Crippen LogP) is 3.94. The first-order valence-electron chi connectivity index (χ1n) is 11.5. The predicted molar refractivity (Wildman–Crippen MR) is 136 cm³/mol. The lowest BCUT2D eigenvalue weighted by molar-refractivity contribution is 0.0751. The van der Waals surface area contributed by atoms with E-state index < -0.39 is 21.4 Å². The fourth-order valence-electron chi connectivity index (χ4n) is 4.50. The van der Waals surface area contributed by atoms with Gasteiger partial charge in [0.05, 0.1) is 10.6 Å². The number of carbonyl (C=O) groups excluding carboxylic acids is 1. The molecule has 7 nitrogen and oxygen atoms in total. The fraction of sp³-hybridized carbons (Fsp3) is 0.185. The number of pyridine rings is 1. The van der Waals surface area contributed by atoms with Gasteiger partial charge in [-0.1, -0.05) is 48.5 Å². The van der Waals surface area contributed by atoms with E-state index in [1.165, 1.54) is 22.6 Å². The van der Waals surface area contributed by atoms with Gasteiger partial charge in [-0.3, -0.25) is 13.9 Å². The smallest absolute Gasteiger partial charge is 0.264 e. The van der Waals surface area contributed by atoms with Crippen LogP contribution in [0.25, 0.3) is 10.9 Å². The highest BCUT2D eigenvalue weighted by Gasteiger charge is 2.31. The van der Waals surface area contributed by atoms with E-state index in [-0.39, 0.29) is 15.8 Å². The number of benzene rings is 3. The highest BCUT2D eigenvalue weighted by Crippen LogP contribution is 2.33. The molecule has 0 fully saturated rings. The molecule has 0 atom stereocenters. The lowest BCUT2D eigenvalue weighted by atomic mass is 10.1. The van der Waals surface area contributed by atoms with Gasteiger partial charge in [0.1, 0.15) is 5.56 Å². The molecule has 0 radical (unpaired) electrons. The molecule has 35 heavy (non-hydrogen) atoms. The van der Waals surface area contributed by atoms with Crippen LogP contribution in [0.2, 0.25) is 0 Å². The van der Waals surface area contributed by atoms with Crippen LogP contribution in [0.4, 0.5) is 5.69 Å². The van der Waals surface area contributed by atoms with Gasteiger partial charge < -0.3 is 9.88 Å². The number of anilines is 1. The number of fused-ring (bicyclic) bond motifs is 2. The zero-order chi connectivity index (χ0) is 24.6. The Morgan fingerprint density at radius 3 is 2.54 bits per heavy atom. The molecule has 0 saturated carbocycles. The fourth-order valence-corrected chi connectivity index (χ4v) is 6.03. The van der Waals surface area contributed by atoms with Crippen LogP contribution in [0.15, 0.2) is 88.7 Å². The summed E-state index contributed by atoms with van der Waals surface area (Å²) in [7, 11) is -3.87. The summed E-state index contributed by atoms with van der Waals surface area (Å²) >= 11 is 0. The summed E-state index contributed by atoms with van der Waals surface area (Å²) in [6.45, 7) is 3.00. The van der Waals surface area contributed by atoms with Crippen LogP contribution < -0.4 is 9.73 Å². The van der Waals surface area contributed by atoms with Crippen LogP contribution in [-0.2, 0) is 23.0 Å². The Labute approximate surface area is 203 Å². The Morgan fingerprint density at radius 1 is 1.03 bits per heavy atom. The minimum absolute atomic E-state index is 0.0173. The van der Waals surface area contributed by atoms with E-state index in [4.69, 9.17) is 0 Å². The number of sulfonamides is 1. The topological polar surface area (TPSA) is 90.6 Å². The summed E-state index contributed by atoms with van der Waals surface area (Å²) in [5.74, 6) is -0.402. The maximum absolute atomic E-state index is 13.5. The SMILES string of the molecule is CCN(Cc1ccccc1)C(=O)c1c[nH]c2ccc(S(=O)(=O)N3CCc4ccccc43)cc2c1=O. The summed E-state index contributed by atoms with van der Waals surface area (Å²) < 4.78 is 28.3. The second-order valence-corrected chi connectivity index (χ2v) is 10.4. The Balaban J connectivity index is 1.52. The molecule has 178 valence electrons. The number of nitrogens with zero attached hydrogens (tertiary/aromatic N) is 2. The Bertz CT molecular complexity index is 1580. The third-order valence-electron chi connectivity index (χ3n) is 6.40. The summed E-state index contributed by atoms with van der Waals surface area (Å²) in [4.78, 5) is 31.2. The molecule has 8 heteroatoms. The van der Waals surface area contributed by atoms with Crippen LogP contribution in [-0.4, -0.2) is 37.3 Å². The van der Waals surface area contributed by atoms with E-state index in [1.807, 2.05) is 55.5 Å². The third kappa shape index (κ3) is 4.10.